The number of thiocarbonyl (C=S) groups is 1. The monoisotopic (exact) mass is 292 g/mol. The summed E-state index contributed by atoms with van der Waals surface area (Å²) in [6.07, 6.45) is 2.50. The van der Waals surface area contributed by atoms with E-state index < -0.39 is 0 Å². The molecular formula is C14H16N2OS2. The lowest BCUT2D eigenvalue weighted by atomic mass is 10.2. The Morgan fingerprint density at radius 2 is 2.00 bits per heavy atom. The van der Waals surface area contributed by atoms with Crippen LogP contribution in [0.2, 0.25) is 0 Å². The molecule has 19 heavy (non-hydrogen) atoms. The van der Waals surface area contributed by atoms with Crippen LogP contribution in [-0.4, -0.2) is 34.7 Å². The lowest BCUT2D eigenvalue weighted by Gasteiger charge is -2.17. The van der Waals surface area contributed by atoms with Gasteiger partial charge in [-0.05, 0) is 37.1 Å². The molecule has 1 aliphatic heterocycles. The molecule has 1 fully saturated rings. The SMILES string of the molecule is N#Cc1ccc(OCCSC(=S)N2CCCC2)cc1. The molecule has 0 amide bonds. The van der Waals surface area contributed by atoms with E-state index in [-0.39, 0.29) is 0 Å². The van der Waals surface area contributed by atoms with Gasteiger partial charge in [-0.15, -0.1) is 0 Å². The first-order valence-corrected chi connectivity index (χ1v) is 7.73. The second-order valence-corrected chi connectivity index (χ2v) is 6.02. The fraction of sp³-hybridized carbons (Fsp3) is 0.429. The van der Waals surface area contributed by atoms with Gasteiger partial charge < -0.3 is 9.64 Å². The van der Waals surface area contributed by atoms with Gasteiger partial charge >= 0.3 is 0 Å². The van der Waals surface area contributed by atoms with E-state index in [0.717, 1.165) is 28.9 Å². The van der Waals surface area contributed by atoms with Crippen molar-refractivity contribution in [3.63, 3.8) is 0 Å². The molecule has 1 saturated heterocycles. The van der Waals surface area contributed by atoms with Gasteiger partial charge in [0.05, 0.1) is 18.2 Å². The maximum Gasteiger partial charge on any atom is 0.136 e. The van der Waals surface area contributed by atoms with Crippen LogP contribution in [-0.2, 0) is 0 Å². The van der Waals surface area contributed by atoms with Crippen molar-refractivity contribution in [2.75, 3.05) is 25.4 Å². The molecule has 0 radical (unpaired) electrons. The van der Waals surface area contributed by atoms with E-state index in [4.69, 9.17) is 22.2 Å². The standard InChI is InChI=1S/C14H16N2OS2/c15-11-12-3-5-13(6-4-12)17-9-10-19-14(18)16-7-1-2-8-16/h3-6H,1-2,7-10H2. The lowest BCUT2D eigenvalue weighted by molar-refractivity contribution is 0.344. The predicted octanol–water partition coefficient (Wildman–Crippen LogP) is 3.05. The minimum atomic E-state index is 0.630. The fourth-order valence-electron chi connectivity index (χ4n) is 1.91. The third kappa shape index (κ3) is 4.41. The van der Waals surface area contributed by atoms with E-state index in [1.54, 1.807) is 23.9 Å². The first kappa shape index (κ1) is 14.2. The largest absolute Gasteiger partial charge is 0.493 e. The number of hydrogen-bond acceptors (Lipinski definition) is 4. The van der Waals surface area contributed by atoms with Gasteiger partial charge in [0.2, 0.25) is 0 Å². The summed E-state index contributed by atoms with van der Waals surface area (Å²) in [4.78, 5) is 2.27. The van der Waals surface area contributed by atoms with E-state index >= 15 is 0 Å². The second kappa shape index (κ2) is 7.37. The van der Waals surface area contributed by atoms with Crippen LogP contribution in [0.4, 0.5) is 0 Å². The quantitative estimate of drug-likeness (QED) is 0.629. The first-order chi connectivity index (χ1) is 9.29. The van der Waals surface area contributed by atoms with Gasteiger partial charge in [-0.1, -0.05) is 24.0 Å². The number of hydrogen-bond donors (Lipinski definition) is 0. The summed E-state index contributed by atoms with van der Waals surface area (Å²) in [6, 6.07) is 9.25. The molecular weight excluding hydrogens is 276 g/mol. The summed E-state index contributed by atoms with van der Waals surface area (Å²) in [5.74, 6) is 1.65. The van der Waals surface area contributed by atoms with Gasteiger partial charge in [0.1, 0.15) is 10.1 Å². The number of nitrogens with zero attached hydrogens (tertiary/aromatic N) is 2. The molecule has 0 bridgehead atoms. The van der Waals surface area contributed by atoms with Gasteiger partial charge in [0.25, 0.3) is 0 Å². The molecule has 1 aromatic rings. The van der Waals surface area contributed by atoms with Crippen LogP contribution in [0.5, 0.6) is 5.75 Å². The van der Waals surface area contributed by atoms with E-state index in [9.17, 15) is 0 Å². The Morgan fingerprint density at radius 3 is 2.63 bits per heavy atom. The van der Waals surface area contributed by atoms with Crippen LogP contribution in [0.25, 0.3) is 0 Å². The molecule has 0 atom stereocenters. The molecule has 0 N–H and O–H groups in total. The number of likely N-dealkylation sites (tertiary alicyclic amines) is 1. The Bertz CT molecular complexity index is 461. The molecule has 100 valence electrons. The maximum atomic E-state index is 8.69. The van der Waals surface area contributed by atoms with Crippen LogP contribution < -0.4 is 4.74 Å². The summed E-state index contributed by atoms with van der Waals surface area (Å²) >= 11 is 7.05. The third-order valence-corrected chi connectivity index (χ3v) is 4.41. The first-order valence-electron chi connectivity index (χ1n) is 6.34. The molecule has 1 heterocycles. The Balaban J connectivity index is 1.66. The van der Waals surface area contributed by atoms with Gasteiger partial charge in [-0.25, -0.2) is 0 Å². The molecule has 0 unspecified atom stereocenters. The summed E-state index contributed by atoms with van der Waals surface area (Å²) in [7, 11) is 0. The molecule has 2 rings (SSSR count). The smallest absolute Gasteiger partial charge is 0.136 e. The molecule has 1 aliphatic rings. The summed E-state index contributed by atoms with van der Waals surface area (Å²) in [6.45, 7) is 2.83. The van der Waals surface area contributed by atoms with E-state index in [2.05, 4.69) is 11.0 Å². The van der Waals surface area contributed by atoms with Crippen LogP contribution >= 0.6 is 24.0 Å². The van der Waals surface area contributed by atoms with Crippen molar-refractivity contribution in [1.29, 1.82) is 5.26 Å². The van der Waals surface area contributed by atoms with Crippen molar-refractivity contribution < 1.29 is 4.74 Å². The maximum absolute atomic E-state index is 8.69. The Morgan fingerprint density at radius 1 is 1.32 bits per heavy atom. The highest BCUT2D eigenvalue weighted by Gasteiger charge is 2.14. The normalized spacial score (nSPS) is 14.2. The number of nitriles is 1. The Labute approximate surface area is 123 Å². The predicted molar refractivity (Wildman–Crippen MR) is 82.5 cm³/mol. The van der Waals surface area contributed by atoms with Gasteiger partial charge in [0.15, 0.2) is 0 Å². The zero-order valence-electron chi connectivity index (χ0n) is 10.7. The minimum Gasteiger partial charge on any atom is -0.493 e. The van der Waals surface area contributed by atoms with Gasteiger partial charge in [0, 0.05) is 18.8 Å². The van der Waals surface area contributed by atoms with E-state index in [1.807, 2.05) is 12.1 Å². The molecule has 0 saturated carbocycles. The molecule has 0 aliphatic carbocycles. The van der Waals surface area contributed by atoms with Crippen molar-refractivity contribution in [1.82, 2.24) is 4.90 Å². The lowest BCUT2D eigenvalue weighted by Crippen LogP contribution is -2.24. The van der Waals surface area contributed by atoms with Gasteiger partial charge in [-0.3, -0.25) is 0 Å². The summed E-state index contributed by atoms with van der Waals surface area (Å²) < 4.78 is 6.60. The fourth-order valence-corrected chi connectivity index (χ4v) is 3.04. The average Bonchev–Trinajstić information content (AvgIpc) is 2.98. The number of ether oxygens (including phenoxy) is 1. The zero-order valence-corrected chi connectivity index (χ0v) is 12.3. The number of rotatable bonds is 4. The highest BCUT2D eigenvalue weighted by atomic mass is 32.2. The summed E-state index contributed by atoms with van der Waals surface area (Å²) in [5, 5.41) is 8.69. The molecule has 0 aromatic heterocycles. The van der Waals surface area contributed by atoms with Gasteiger partial charge in [-0.2, -0.15) is 5.26 Å². The van der Waals surface area contributed by atoms with E-state index in [0.29, 0.717) is 12.2 Å². The van der Waals surface area contributed by atoms with Crippen LogP contribution in [0, 0.1) is 11.3 Å². The number of benzene rings is 1. The van der Waals surface area contributed by atoms with Crippen LogP contribution in [0.3, 0.4) is 0 Å². The molecule has 3 nitrogen and oxygen atoms in total. The number of thioether (sulfide) groups is 1. The van der Waals surface area contributed by atoms with Crippen LogP contribution in [0.1, 0.15) is 18.4 Å². The van der Waals surface area contributed by atoms with Crippen LogP contribution in [0.15, 0.2) is 24.3 Å². The highest BCUT2D eigenvalue weighted by molar-refractivity contribution is 8.22. The topological polar surface area (TPSA) is 36.3 Å². The summed E-state index contributed by atoms with van der Waals surface area (Å²) in [5.41, 5.74) is 0.650. The van der Waals surface area contributed by atoms with Crippen molar-refractivity contribution >= 4 is 28.3 Å². The Kier molecular flexibility index (Phi) is 5.49. The average molecular weight is 292 g/mol. The zero-order chi connectivity index (χ0) is 13.5. The molecule has 0 spiro atoms. The minimum absolute atomic E-state index is 0.630. The van der Waals surface area contributed by atoms with Crippen molar-refractivity contribution in [3.05, 3.63) is 29.8 Å². The second-order valence-electron chi connectivity index (χ2n) is 4.29. The van der Waals surface area contributed by atoms with Crippen molar-refractivity contribution in [3.8, 4) is 11.8 Å². The van der Waals surface area contributed by atoms with Crippen molar-refractivity contribution in [2.24, 2.45) is 0 Å². The highest BCUT2D eigenvalue weighted by Crippen LogP contribution is 2.17. The molecule has 5 heteroatoms. The van der Waals surface area contributed by atoms with E-state index in [1.165, 1.54) is 12.8 Å². The van der Waals surface area contributed by atoms with Crippen molar-refractivity contribution in [2.45, 2.75) is 12.8 Å². The molecule has 1 aromatic carbocycles. The third-order valence-electron chi connectivity index (χ3n) is 2.93. The Hall–Kier alpha value is -1.25.